The number of benzene rings is 2. The van der Waals surface area contributed by atoms with Gasteiger partial charge in [0, 0.05) is 12.8 Å². The van der Waals surface area contributed by atoms with Crippen LogP contribution in [0.15, 0.2) is 47.6 Å². The van der Waals surface area contributed by atoms with E-state index in [1.165, 1.54) is 5.01 Å². The molecule has 7 heteroatoms. The molecule has 2 aromatic carbocycles. The van der Waals surface area contributed by atoms with Crippen LogP contribution in [0.25, 0.3) is 0 Å². The van der Waals surface area contributed by atoms with Gasteiger partial charge in [-0.3, -0.25) is 9.59 Å². The molecule has 0 aromatic heterocycles. The molecule has 2 aromatic rings. The van der Waals surface area contributed by atoms with Crippen LogP contribution in [0.5, 0.6) is 11.5 Å². The number of amides is 2. The van der Waals surface area contributed by atoms with Gasteiger partial charge < -0.3 is 14.8 Å². The Morgan fingerprint density at radius 3 is 2.69 bits per heavy atom. The zero-order valence-electron chi connectivity index (χ0n) is 16.5. The third kappa shape index (κ3) is 4.08. The Labute approximate surface area is 169 Å². The fourth-order valence-corrected chi connectivity index (χ4v) is 3.37. The van der Waals surface area contributed by atoms with Gasteiger partial charge in [-0.1, -0.05) is 18.2 Å². The lowest BCUT2D eigenvalue weighted by molar-refractivity contribution is -0.119. The normalized spacial score (nSPS) is 16.8. The number of hydrogen-bond donors (Lipinski definition) is 1. The summed E-state index contributed by atoms with van der Waals surface area (Å²) < 4.78 is 11.2. The number of nitrogens with zero attached hydrogens (tertiary/aromatic N) is 2. The van der Waals surface area contributed by atoms with Gasteiger partial charge in [-0.05, 0) is 49.2 Å². The van der Waals surface area contributed by atoms with E-state index in [-0.39, 0.29) is 24.3 Å². The lowest BCUT2D eigenvalue weighted by Crippen LogP contribution is -2.40. The minimum Gasteiger partial charge on any atom is -0.486 e. The molecule has 150 valence electrons. The number of hydrazone groups is 1. The Kier molecular flexibility index (Phi) is 5.20. The minimum atomic E-state index is -0.280. The molecule has 1 atom stereocenters. The van der Waals surface area contributed by atoms with Gasteiger partial charge in [0.1, 0.15) is 18.9 Å². The predicted molar refractivity (Wildman–Crippen MR) is 109 cm³/mol. The van der Waals surface area contributed by atoms with Crippen molar-refractivity contribution in [1.82, 2.24) is 5.32 Å². The van der Waals surface area contributed by atoms with Gasteiger partial charge in [-0.15, -0.1) is 0 Å². The molecular formula is C22H23N3O4. The lowest BCUT2D eigenvalue weighted by atomic mass is 10.1. The smallest absolute Gasteiger partial charge is 0.267 e. The van der Waals surface area contributed by atoms with Crippen molar-refractivity contribution < 1.29 is 19.1 Å². The molecule has 2 aliphatic heterocycles. The number of hydrogen-bond acceptors (Lipinski definition) is 5. The Bertz CT molecular complexity index is 986. The maximum absolute atomic E-state index is 12.8. The summed E-state index contributed by atoms with van der Waals surface area (Å²) in [6.07, 6.45) is 0.569. The van der Waals surface area contributed by atoms with Crippen LogP contribution in [0.3, 0.4) is 0 Å². The van der Waals surface area contributed by atoms with E-state index < -0.39 is 0 Å². The molecule has 2 amide bonds. The van der Waals surface area contributed by atoms with Crippen LogP contribution >= 0.6 is 0 Å². The second-order valence-corrected chi connectivity index (χ2v) is 7.19. The summed E-state index contributed by atoms with van der Waals surface area (Å²) in [4.78, 5) is 25.1. The molecule has 0 saturated heterocycles. The van der Waals surface area contributed by atoms with Crippen LogP contribution in [-0.2, 0) is 9.59 Å². The number of ether oxygens (including phenoxy) is 2. The maximum Gasteiger partial charge on any atom is 0.267 e. The number of carbonyl (C=O) groups is 2. The Morgan fingerprint density at radius 1 is 1.10 bits per heavy atom. The summed E-state index contributed by atoms with van der Waals surface area (Å²) in [5.41, 5.74) is 2.94. The van der Waals surface area contributed by atoms with Crippen LogP contribution in [0.4, 0.5) is 5.69 Å². The fourth-order valence-electron chi connectivity index (χ4n) is 3.37. The third-order valence-corrected chi connectivity index (χ3v) is 4.95. The number of fused-ring (bicyclic) bond motifs is 1. The van der Waals surface area contributed by atoms with E-state index in [1.54, 1.807) is 0 Å². The lowest BCUT2D eigenvalue weighted by Gasteiger charge is -2.24. The number of rotatable bonds is 4. The molecule has 1 N–H and O–H groups in total. The van der Waals surface area contributed by atoms with Gasteiger partial charge in [-0.25, -0.2) is 5.01 Å². The van der Waals surface area contributed by atoms with E-state index >= 15 is 0 Å². The first-order valence-corrected chi connectivity index (χ1v) is 9.69. The van der Waals surface area contributed by atoms with Crippen molar-refractivity contribution in [3.05, 3.63) is 53.6 Å². The highest BCUT2D eigenvalue weighted by Gasteiger charge is 2.26. The molecule has 0 fully saturated rings. The van der Waals surface area contributed by atoms with E-state index in [2.05, 4.69) is 10.4 Å². The van der Waals surface area contributed by atoms with Crippen LogP contribution in [0, 0.1) is 6.92 Å². The molecule has 0 aliphatic carbocycles. The van der Waals surface area contributed by atoms with Crippen LogP contribution in [-0.4, -0.2) is 30.7 Å². The highest BCUT2D eigenvalue weighted by atomic mass is 16.6. The molecule has 0 spiro atoms. The first kappa shape index (κ1) is 19.0. The average Bonchev–Trinajstić information content (AvgIpc) is 2.73. The maximum atomic E-state index is 12.8. The second-order valence-electron chi connectivity index (χ2n) is 7.19. The molecule has 0 saturated carbocycles. The zero-order chi connectivity index (χ0) is 20.4. The predicted octanol–water partition coefficient (Wildman–Crippen LogP) is 3.13. The summed E-state index contributed by atoms with van der Waals surface area (Å²) in [6.45, 7) is 4.89. The topological polar surface area (TPSA) is 80.2 Å². The van der Waals surface area contributed by atoms with E-state index in [0.717, 1.165) is 11.1 Å². The standard InChI is InChI=1S/C22H23N3O4/c1-14-4-3-5-17(12-14)25-21(26)9-7-18(24-25)22(27)23-15(2)16-6-8-19-20(13-16)29-11-10-28-19/h3-6,8,12-13,15H,7,9-11H2,1-2H3,(H,23,27). The number of aryl methyl sites for hydroxylation is 1. The van der Waals surface area contributed by atoms with Crippen molar-refractivity contribution >= 4 is 23.2 Å². The van der Waals surface area contributed by atoms with E-state index in [9.17, 15) is 9.59 Å². The van der Waals surface area contributed by atoms with Gasteiger partial charge in [0.15, 0.2) is 11.5 Å². The third-order valence-electron chi connectivity index (χ3n) is 4.95. The summed E-state index contributed by atoms with van der Waals surface area (Å²) in [5.74, 6) is 0.994. The van der Waals surface area contributed by atoms with E-state index in [1.807, 2.05) is 56.3 Å². The summed E-state index contributed by atoms with van der Waals surface area (Å²) in [5, 5.41) is 8.62. The molecule has 2 heterocycles. The molecule has 29 heavy (non-hydrogen) atoms. The van der Waals surface area contributed by atoms with Crippen molar-refractivity contribution in [3.8, 4) is 11.5 Å². The molecular weight excluding hydrogens is 370 g/mol. The van der Waals surface area contributed by atoms with E-state index in [4.69, 9.17) is 9.47 Å². The summed E-state index contributed by atoms with van der Waals surface area (Å²) >= 11 is 0. The van der Waals surface area contributed by atoms with Crippen LogP contribution in [0.1, 0.15) is 36.9 Å². The molecule has 0 bridgehead atoms. The van der Waals surface area contributed by atoms with Gasteiger partial charge in [0.05, 0.1) is 11.7 Å². The highest BCUT2D eigenvalue weighted by molar-refractivity contribution is 6.40. The van der Waals surface area contributed by atoms with Crippen molar-refractivity contribution in [2.24, 2.45) is 5.10 Å². The SMILES string of the molecule is Cc1cccc(N2N=C(C(=O)NC(C)c3ccc4c(c3)OCCO4)CCC2=O)c1. The molecule has 7 nitrogen and oxygen atoms in total. The van der Waals surface area contributed by atoms with Gasteiger partial charge in [-0.2, -0.15) is 5.10 Å². The van der Waals surface area contributed by atoms with E-state index in [0.29, 0.717) is 42.5 Å². The molecule has 1 unspecified atom stereocenters. The Morgan fingerprint density at radius 2 is 1.90 bits per heavy atom. The zero-order valence-corrected chi connectivity index (χ0v) is 16.5. The largest absolute Gasteiger partial charge is 0.486 e. The molecule has 4 rings (SSSR count). The van der Waals surface area contributed by atoms with Gasteiger partial charge in [0.2, 0.25) is 5.91 Å². The van der Waals surface area contributed by atoms with Gasteiger partial charge >= 0.3 is 0 Å². The Hall–Kier alpha value is -3.35. The first-order chi connectivity index (χ1) is 14.0. The minimum absolute atomic E-state index is 0.118. The Balaban J connectivity index is 1.50. The van der Waals surface area contributed by atoms with Crippen molar-refractivity contribution in [1.29, 1.82) is 0 Å². The number of nitrogens with one attached hydrogen (secondary N) is 1. The van der Waals surface area contributed by atoms with Crippen LogP contribution < -0.4 is 19.8 Å². The number of carbonyl (C=O) groups excluding carboxylic acids is 2. The molecule has 2 aliphatic rings. The summed E-state index contributed by atoms with van der Waals surface area (Å²) in [7, 11) is 0. The van der Waals surface area contributed by atoms with Crippen molar-refractivity contribution in [2.45, 2.75) is 32.7 Å². The van der Waals surface area contributed by atoms with Crippen molar-refractivity contribution in [2.75, 3.05) is 18.2 Å². The van der Waals surface area contributed by atoms with Gasteiger partial charge in [0.25, 0.3) is 5.91 Å². The summed E-state index contributed by atoms with van der Waals surface area (Å²) in [6, 6.07) is 12.9. The molecule has 0 radical (unpaired) electrons. The average molecular weight is 393 g/mol. The van der Waals surface area contributed by atoms with Crippen molar-refractivity contribution in [3.63, 3.8) is 0 Å². The number of anilines is 1. The highest BCUT2D eigenvalue weighted by Crippen LogP contribution is 2.32. The second kappa shape index (κ2) is 7.95. The first-order valence-electron chi connectivity index (χ1n) is 9.69. The quantitative estimate of drug-likeness (QED) is 0.866. The monoisotopic (exact) mass is 393 g/mol. The fraction of sp³-hybridized carbons (Fsp3) is 0.318. The van der Waals surface area contributed by atoms with Crippen LogP contribution in [0.2, 0.25) is 0 Å².